The summed E-state index contributed by atoms with van der Waals surface area (Å²) in [4.78, 5) is 17.1. The number of carbonyl (C=O) groups excluding carboxylic acids is 1. The summed E-state index contributed by atoms with van der Waals surface area (Å²) in [5.41, 5.74) is 2.64. The van der Waals surface area contributed by atoms with Crippen LogP contribution in [0.5, 0.6) is 5.88 Å². The van der Waals surface area contributed by atoms with Gasteiger partial charge in [-0.1, -0.05) is 24.3 Å². The number of fused-ring (bicyclic) bond motifs is 1. The topological polar surface area (TPSA) is 56.2 Å². The predicted molar refractivity (Wildman–Crippen MR) is 101 cm³/mol. The van der Waals surface area contributed by atoms with E-state index in [4.69, 9.17) is 4.74 Å². The molecule has 0 atom stereocenters. The number of benzene rings is 1. The van der Waals surface area contributed by atoms with E-state index in [2.05, 4.69) is 10.3 Å². The quantitative estimate of drug-likeness (QED) is 0.762. The predicted octanol–water partition coefficient (Wildman–Crippen LogP) is 3.82. The zero-order valence-corrected chi connectivity index (χ0v) is 14.9. The van der Waals surface area contributed by atoms with Crippen LogP contribution >= 0.6 is 0 Å². The summed E-state index contributed by atoms with van der Waals surface area (Å²) in [6.45, 7) is 0.401. The number of hydrogen-bond acceptors (Lipinski definition) is 3. The summed E-state index contributed by atoms with van der Waals surface area (Å²) in [6.07, 6.45) is 8.45. The lowest BCUT2D eigenvalue weighted by molar-refractivity contribution is 0.0951. The smallest absolute Gasteiger partial charge is 0.253 e. The summed E-state index contributed by atoms with van der Waals surface area (Å²) < 4.78 is 8.03. The summed E-state index contributed by atoms with van der Waals surface area (Å²) in [6, 6.07) is 11.8. The maximum atomic E-state index is 12.7. The number of hydrogen-bond donors (Lipinski definition) is 1. The fourth-order valence-corrected chi connectivity index (χ4v) is 3.62. The summed E-state index contributed by atoms with van der Waals surface area (Å²) in [5, 5.41) is 3.97. The molecule has 2 heterocycles. The van der Waals surface area contributed by atoms with Gasteiger partial charge in [-0.05, 0) is 37.8 Å². The van der Waals surface area contributed by atoms with Crippen LogP contribution in [0.25, 0.3) is 10.9 Å². The normalized spacial score (nSPS) is 14.7. The van der Waals surface area contributed by atoms with Crippen molar-refractivity contribution >= 4 is 16.8 Å². The van der Waals surface area contributed by atoms with Crippen LogP contribution in [0.15, 0.2) is 48.8 Å². The molecule has 5 heteroatoms. The van der Waals surface area contributed by atoms with Crippen LogP contribution in [0.2, 0.25) is 0 Å². The molecule has 2 aromatic heterocycles. The molecule has 1 amide bonds. The van der Waals surface area contributed by atoms with Gasteiger partial charge in [0.2, 0.25) is 5.88 Å². The second kappa shape index (κ2) is 7.20. The van der Waals surface area contributed by atoms with Gasteiger partial charge < -0.3 is 14.6 Å². The molecule has 0 unspecified atom stereocenters. The Balaban J connectivity index is 1.49. The second-order valence-corrected chi connectivity index (χ2v) is 6.85. The van der Waals surface area contributed by atoms with Gasteiger partial charge >= 0.3 is 0 Å². The molecule has 1 aromatic carbocycles. The average molecular weight is 349 g/mol. The van der Waals surface area contributed by atoms with E-state index in [1.807, 2.05) is 54.2 Å². The molecule has 1 fully saturated rings. The fraction of sp³-hybridized carbons (Fsp3) is 0.333. The van der Waals surface area contributed by atoms with Crippen molar-refractivity contribution in [1.29, 1.82) is 0 Å². The van der Waals surface area contributed by atoms with Gasteiger partial charge in [0.05, 0.1) is 5.56 Å². The van der Waals surface area contributed by atoms with Gasteiger partial charge in [0, 0.05) is 42.5 Å². The number of ether oxygens (including phenoxy) is 1. The Morgan fingerprint density at radius 1 is 1.23 bits per heavy atom. The SMILES string of the molecule is Cn1cc(C(=O)NCc2cccnc2OC2CCCC2)c2ccccc21. The van der Waals surface area contributed by atoms with Crippen molar-refractivity contribution in [2.24, 2.45) is 7.05 Å². The highest BCUT2D eigenvalue weighted by molar-refractivity contribution is 6.06. The molecule has 0 radical (unpaired) electrons. The molecular formula is C21H23N3O2. The third-order valence-corrected chi connectivity index (χ3v) is 5.01. The van der Waals surface area contributed by atoms with E-state index in [-0.39, 0.29) is 12.0 Å². The minimum atomic E-state index is -0.0857. The Hall–Kier alpha value is -2.82. The van der Waals surface area contributed by atoms with Crippen LogP contribution < -0.4 is 10.1 Å². The highest BCUT2D eigenvalue weighted by Gasteiger charge is 2.19. The largest absolute Gasteiger partial charge is 0.474 e. The lowest BCUT2D eigenvalue weighted by atomic mass is 10.1. The van der Waals surface area contributed by atoms with Crippen molar-refractivity contribution in [2.45, 2.75) is 38.3 Å². The van der Waals surface area contributed by atoms with E-state index in [0.29, 0.717) is 18.0 Å². The van der Waals surface area contributed by atoms with E-state index in [0.717, 1.165) is 29.3 Å². The third-order valence-electron chi connectivity index (χ3n) is 5.01. The maximum Gasteiger partial charge on any atom is 0.253 e. The number of rotatable bonds is 5. The Bertz CT molecular complexity index is 926. The Morgan fingerprint density at radius 2 is 2.04 bits per heavy atom. The van der Waals surface area contributed by atoms with Crippen molar-refractivity contribution in [3.8, 4) is 5.88 Å². The van der Waals surface area contributed by atoms with Crippen LogP contribution in [0.1, 0.15) is 41.6 Å². The van der Waals surface area contributed by atoms with Gasteiger partial charge in [0.15, 0.2) is 0 Å². The lowest BCUT2D eigenvalue weighted by Gasteiger charge is -2.15. The molecular weight excluding hydrogens is 326 g/mol. The molecule has 3 aromatic rings. The number of amides is 1. The monoisotopic (exact) mass is 349 g/mol. The number of para-hydroxylation sites is 1. The van der Waals surface area contributed by atoms with Crippen molar-refractivity contribution in [1.82, 2.24) is 14.9 Å². The van der Waals surface area contributed by atoms with Gasteiger partial charge in [-0.25, -0.2) is 4.98 Å². The van der Waals surface area contributed by atoms with Gasteiger partial charge in [0.1, 0.15) is 6.10 Å². The number of aryl methyl sites for hydroxylation is 1. The van der Waals surface area contributed by atoms with Gasteiger partial charge in [-0.2, -0.15) is 0 Å². The van der Waals surface area contributed by atoms with Crippen LogP contribution in [-0.2, 0) is 13.6 Å². The second-order valence-electron chi connectivity index (χ2n) is 6.85. The van der Waals surface area contributed by atoms with Gasteiger partial charge in [-0.3, -0.25) is 4.79 Å². The minimum absolute atomic E-state index is 0.0857. The molecule has 0 saturated heterocycles. The Kier molecular flexibility index (Phi) is 4.61. The Labute approximate surface area is 153 Å². The first kappa shape index (κ1) is 16.6. The fourth-order valence-electron chi connectivity index (χ4n) is 3.62. The first-order valence-electron chi connectivity index (χ1n) is 9.15. The average Bonchev–Trinajstić information content (AvgIpc) is 3.29. The molecule has 26 heavy (non-hydrogen) atoms. The number of nitrogens with one attached hydrogen (secondary N) is 1. The highest BCUT2D eigenvalue weighted by atomic mass is 16.5. The molecule has 1 aliphatic carbocycles. The van der Waals surface area contributed by atoms with E-state index < -0.39 is 0 Å². The zero-order chi connectivity index (χ0) is 17.9. The first-order chi connectivity index (χ1) is 12.7. The molecule has 1 saturated carbocycles. The van der Waals surface area contributed by atoms with E-state index in [1.165, 1.54) is 12.8 Å². The lowest BCUT2D eigenvalue weighted by Crippen LogP contribution is -2.23. The van der Waals surface area contributed by atoms with Crippen LogP contribution in [0, 0.1) is 0 Å². The van der Waals surface area contributed by atoms with Gasteiger partial charge in [0.25, 0.3) is 5.91 Å². The number of carbonyl (C=O) groups is 1. The van der Waals surface area contributed by atoms with Crippen molar-refractivity contribution in [3.63, 3.8) is 0 Å². The molecule has 0 bridgehead atoms. The summed E-state index contributed by atoms with van der Waals surface area (Å²) >= 11 is 0. The number of aromatic nitrogens is 2. The molecule has 4 rings (SSSR count). The molecule has 5 nitrogen and oxygen atoms in total. The van der Waals surface area contributed by atoms with E-state index >= 15 is 0 Å². The summed E-state index contributed by atoms with van der Waals surface area (Å²) in [7, 11) is 1.95. The molecule has 0 aliphatic heterocycles. The molecule has 1 aliphatic rings. The first-order valence-corrected chi connectivity index (χ1v) is 9.15. The van der Waals surface area contributed by atoms with E-state index in [9.17, 15) is 4.79 Å². The Morgan fingerprint density at radius 3 is 2.88 bits per heavy atom. The van der Waals surface area contributed by atoms with Crippen molar-refractivity contribution in [3.05, 3.63) is 59.9 Å². The molecule has 0 spiro atoms. The number of pyridine rings is 1. The maximum absolute atomic E-state index is 12.7. The standard InChI is InChI=1S/C21H23N3O2/c1-24-14-18(17-10-4-5-11-19(17)24)20(25)23-13-15-7-6-12-22-21(15)26-16-8-2-3-9-16/h4-7,10-12,14,16H,2-3,8-9,13H2,1H3,(H,23,25). The zero-order valence-electron chi connectivity index (χ0n) is 14.9. The third kappa shape index (κ3) is 3.29. The van der Waals surface area contributed by atoms with Crippen molar-refractivity contribution in [2.75, 3.05) is 0 Å². The van der Waals surface area contributed by atoms with Crippen LogP contribution in [0.4, 0.5) is 0 Å². The molecule has 134 valence electrons. The number of nitrogens with zero attached hydrogens (tertiary/aromatic N) is 2. The summed E-state index contributed by atoms with van der Waals surface area (Å²) in [5.74, 6) is 0.551. The minimum Gasteiger partial charge on any atom is -0.474 e. The van der Waals surface area contributed by atoms with Gasteiger partial charge in [-0.15, -0.1) is 0 Å². The van der Waals surface area contributed by atoms with Crippen LogP contribution in [0.3, 0.4) is 0 Å². The molecule has 1 N–H and O–H groups in total. The van der Waals surface area contributed by atoms with Crippen LogP contribution in [-0.4, -0.2) is 21.6 Å². The van der Waals surface area contributed by atoms with E-state index in [1.54, 1.807) is 6.20 Å². The van der Waals surface area contributed by atoms with Crippen molar-refractivity contribution < 1.29 is 9.53 Å². The highest BCUT2D eigenvalue weighted by Crippen LogP contribution is 2.25.